The predicted molar refractivity (Wildman–Crippen MR) is 106 cm³/mol. The average molecular weight is 442 g/mol. The van der Waals surface area contributed by atoms with Crippen molar-refractivity contribution >= 4 is 22.0 Å². The van der Waals surface area contributed by atoms with Gasteiger partial charge in [-0.2, -0.15) is 4.31 Å². The molecule has 2 aliphatic heterocycles. The molecular formula is C20H27NO8S. The van der Waals surface area contributed by atoms with Gasteiger partial charge in [0.2, 0.25) is 10.0 Å². The molecule has 0 amide bonds. The van der Waals surface area contributed by atoms with Gasteiger partial charge in [0.05, 0.1) is 10.8 Å². The zero-order valence-electron chi connectivity index (χ0n) is 17.4. The van der Waals surface area contributed by atoms with E-state index in [1.165, 1.54) is 16.4 Å². The molecule has 10 heteroatoms. The van der Waals surface area contributed by atoms with Crippen molar-refractivity contribution < 1.29 is 37.0 Å². The number of carbonyl (C=O) groups excluding carboxylic acids is 2. The highest BCUT2D eigenvalue weighted by atomic mass is 32.2. The monoisotopic (exact) mass is 441 g/mol. The smallest absolute Gasteiger partial charge is 0.344 e. The van der Waals surface area contributed by atoms with Crippen molar-refractivity contribution in [3.8, 4) is 11.5 Å². The number of sulfonamides is 1. The predicted octanol–water partition coefficient (Wildman–Crippen LogP) is 1.74. The fourth-order valence-corrected chi connectivity index (χ4v) is 4.77. The van der Waals surface area contributed by atoms with Crippen LogP contribution in [0.25, 0.3) is 0 Å². The molecular weight excluding hydrogens is 414 g/mol. The number of esters is 2. The average Bonchev–Trinajstić information content (AvgIpc) is 2.70. The lowest BCUT2D eigenvalue weighted by molar-refractivity contribution is -0.168. The highest BCUT2D eigenvalue weighted by Crippen LogP contribution is 2.34. The van der Waals surface area contributed by atoms with Crippen molar-refractivity contribution in [3.63, 3.8) is 0 Å². The van der Waals surface area contributed by atoms with Crippen LogP contribution in [0.2, 0.25) is 0 Å². The second-order valence-corrected chi connectivity index (χ2v) is 10.1. The van der Waals surface area contributed by atoms with E-state index in [2.05, 4.69) is 0 Å². The zero-order chi connectivity index (χ0) is 21.9. The first kappa shape index (κ1) is 22.4. The van der Waals surface area contributed by atoms with Gasteiger partial charge in [0.25, 0.3) is 0 Å². The molecule has 2 heterocycles. The summed E-state index contributed by atoms with van der Waals surface area (Å²) in [6.07, 6.45) is 0.633. The van der Waals surface area contributed by atoms with Crippen molar-refractivity contribution in [3.05, 3.63) is 18.2 Å². The Bertz CT molecular complexity index is 898. The van der Waals surface area contributed by atoms with Crippen molar-refractivity contribution in [1.29, 1.82) is 0 Å². The third kappa shape index (κ3) is 5.42. The Kier molecular flexibility index (Phi) is 6.56. The Labute approximate surface area is 176 Å². The van der Waals surface area contributed by atoms with Crippen LogP contribution in [0.3, 0.4) is 0 Å². The van der Waals surface area contributed by atoms with Crippen LogP contribution in [0.1, 0.15) is 33.6 Å². The summed E-state index contributed by atoms with van der Waals surface area (Å²) in [4.78, 5) is 24.0. The number of hydrogen-bond donors (Lipinski definition) is 0. The maximum absolute atomic E-state index is 12.9. The van der Waals surface area contributed by atoms with Crippen molar-refractivity contribution in [2.75, 3.05) is 32.9 Å². The normalized spacial score (nSPS) is 18.0. The highest BCUT2D eigenvalue weighted by Gasteiger charge is 2.34. The molecule has 0 saturated carbocycles. The molecule has 0 bridgehead atoms. The number of fused-ring (bicyclic) bond motifs is 1. The van der Waals surface area contributed by atoms with E-state index in [0.717, 1.165) is 0 Å². The standard InChI is InChI=1S/C20H27NO8S/c1-20(2,3)29-18(22)13-28-19(23)14-6-8-21(9-7-14)30(24,25)15-4-5-16-17(12-15)27-11-10-26-16/h4-5,12,14H,6-11,13H2,1-3H3. The summed E-state index contributed by atoms with van der Waals surface area (Å²) < 4.78 is 48.3. The first-order chi connectivity index (χ1) is 14.1. The minimum Gasteiger partial charge on any atom is -0.486 e. The van der Waals surface area contributed by atoms with Gasteiger partial charge in [0.15, 0.2) is 18.1 Å². The van der Waals surface area contributed by atoms with Crippen LogP contribution >= 0.6 is 0 Å². The minimum atomic E-state index is -3.72. The number of rotatable bonds is 5. The molecule has 0 aliphatic carbocycles. The van der Waals surface area contributed by atoms with Crippen LogP contribution in [0.5, 0.6) is 11.5 Å². The second-order valence-electron chi connectivity index (χ2n) is 8.18. The van der Waals surface area contributed by atoms with Crippen molar-refractivity contribution in [1.82, 2.24) is 4.31 Å². The molecule has 1 fully saturated rings. The van der Waals surface area contributed by atoms with E-state index in [1.807, 2.05) is 0 Å². The molecule has 0 aromatic heterocycles. The number of ether oxygens (including phenoxy) is 4. The van der Waals surface area contributed by atoms with Crippen LogP contribution in [0.4, 0.5) is 0 Å². The van der Waals surface area contributed by atoms with Crippen molar-refractivity contribution in [2.45, 2.75) is 44.1 Å². The Balaban J connectivity index is 1.54. The molecule has 3 rings (SSSR count). The van der Waals surface area contributed by atoms with Gasteiger partial charge in [-0.05, 0) is 45.7 Å². The molecule has 0 spiro atoms. The SMILES string of the molecule is CC(C)(C)OC(=O)COC(=O)C1CCN(S(=O)(=O)c2ccc3c(c2)OCCO3)CC1. The lowest BCUT2D eigenvalue weighted by Crippen LogP contribution is -2.41. The van der Waals surface area contributed by atoms with E-state index < -0.39 is 40.1 Å². The van der Waals surface area contributed by atoms with Gasteiger partial charge in [0.1, 0.15) is 18.8 Å². The molecule has 0 N–H and O–H groups in total. The third-order valence-electron chi connectivity index (χ3n) is 4.69. The van der Waals surface area contributed by atoms with Crippen LogP contribution in [-0.4, -0.2) is 63.2 Å². The summed E-state index contributed by atoms with van der Waals surface area (Å²) >= 11 is 0. The molecule has 1 aromatic rings. The topological polar surface area (TPSA) is 108 Å². The van der Waals surface area contributed by atoms with Gasteiger partial charge >= 0.3 is 11.9 Å². The molecule has 9 nitrogen and oxygen atoms in total. The lowest BCUT2D eigenvalue weighted by Gasteiger charge is -2.30. The second kappa shape index (κ2) is 8.81. The van der Waals surface area contributed by atoms with E-state index in [0.29, 0.717) is 37.6 Å². The van der Waals surface area contributed by atoms with Gasteiger partial charge in [-0.15, -0.1) is 0 Å². The largest absolute Gasteiger partial charge is 0.486 e. The van der Waals surface area contributed by atoms with Gasteiger partial charge in [-0.1, -0.05) is 0 Å². The van der Waals surface area contributed by atoms with E-state index >= 15 is 0 Å². The Morgan fingerprint density at radius 1 is 1.10 bits per heavy atom. The maximum Gasteiger partial charge on any atom is 0.344 e. The lowest BCUT2D eigenvalue weighted by atomic mass is 9.98. The summed E-state index contributed by atoms with van der Waals surface area (Å²) in [5, 5.41) is 0. The summed E-state index contributed by atoms with van der Waals surface area (Å²) in [6, 6.07) is 4.54. The first-order valence-electron chi connectivity index (χ1n) is 9.84. The fourth-order valence-electron chi connectivity index (χ4n) is 3.28. The van der Waals surface area contributed by atoms with E-state index in [9.17, 15) is 18.0 Å². The maximum atomic E-state index is 12.9. The fraction of sp³-hybridized carbons (Fsp3) is 0.600. The summed E-state index contributed by atoms with van der Waals surface area (Å²) in [7, 11) is -3.72. The molecule has 1 saturated heterocycles. The Morgan fingerprint density at radius 2 is 1.73 bits per heavy atom. The van der Waals surface area contributed by atoms with E-state index in [1.54, 1.807) is 26.8 Å². The number of piperidine rings is 1. The Hall–Kier alpha value is -2.33. The molecule has 2 aliphatic rings. The highest BCUT2D eigenvalue weighted by molar-refractivity contribution is 7.89. The summed E-state index contributed by atoms with van der Waals surface area (Å²) in [5.74, 6) is -0.666. The molecule has 30 heavy (non-hydrogen) atoms. The third-order valence-corrected chi connectivity index (χ3v) is 6.59. The summed E-state index contributed by atoms with van der Waals surface area (Å²) in [6.45, 7) is 5.89. The number of hydrogen-bond acceptors (Lipinski definition) is 8. The first-order valence-corrected chi connectivity index (χ1v) is 11.3. The van der Waals surface area contributed by atoms with E-state index in [-0.39, 0.29) is 18.0 Å². The zero-order valence-corrected chi connectivity index (χ0v) is 18.2. The molecule has 0 atom stereocenters. The van der Waals surface area contributed by atoms with Crippen molar-refractivity contribution in [2.24, 2.45) is 5.92 Å². The van der Waals surface area contributed by atoms with Gasteiger partial charge < -0.3 is 18.9 Å². The van der Waals surface area contributed by atoms with E-state index in [4.69, 9.17) is 18.9 Å². The molecule has 166 valence electrons. The van der Waals surface area contributed by atoms with Crippen LogP contribution in [0, 0.1) is 5.92 Å². The summed E-state index contributed by atoms with van der Waals surface area (Å²) in [5.41, 5.74) is -0.656. The van der Waals surface area contributed by atoms with Gasteiger partial charge in [-0.25, -0.2) is 13.2 Å². The number of carbonyl (C=O) groups is 2. The Morgan fingerprint density at radius 3 is 2.37 bits per heavy atom. The van der Waals surface area contributed by atoms with Crippen LogP contribution in [-0.2, 0) is 29.1 Å². The number of benzene rings is 1. The molecule has 1 aromatic carbocycles. The van der Waals surface area contributed by atoms with Gasteiger partial charge in [-0.3, -0.25) is 4.79 Å². The number of nitrogens with zero attached hydrogens (tertiary/aromatic N) is 1. The van der Waals surface area contributed by atoms with Gasteiger partial charge in [0, 0.05) is 19.2 Å². The molecule has 0 unspecified atom stereocenters. The minimum absolute atomic E-state index is 0.123. The molecule has 0 radical (unpaired) electrons. The van der Waals surface area contributed by atoms with Crippen LogP contribution in [0.15, 0.2) is 23.1 Å². The quantitative estimate of drug-likeness (QED) is 0.636. The van der Waals surface area contributed by atoms with Crippen LogP contribution < -0.4 is 9.47 Å².